The van der Waals surface area contributed by atoms with Crippen molar-refractivity contribution in [2.24, 2.45) is 5.84 Å². The lowest BCUT2D eigenvalue weighted by atomic mass is 10.3. The van der Waals surface area contributed by atoms with E-state index in [0.717, 1.165) is 0 Å². The van der Waals surface area contributed by atoms with Crippen LogP contribution < -0.4 is 16.0 Å². The van der Waals surface area contributed by atoms with Crippen LogP contribution in [0.4, 0.5) is 11.4 Å². The molecule has 4 N–H and O–H groups in total. The highest BCUT2D eigenvalue weighted by atomic mass is 35.5. The molecular formula is C11H10Cl2N4O2S. The Morgan fingerprint density at radius 1 is 1.15 bits per heavy atom. The maximum atomic E-state index is 12.3. The van der Waals surface area contributed by atoms with Crippen LogP contribution in [0.3, 0.4) is 0 Å². The molecule has 0 bridgehead atoms. The Hall–Kier alpha value is -1.54. The van der Waals surface area contributed by atoms with Gasteiger partial charge in [-0.3, -0.25) is 10.6 Å². The molecular weight excluding hydrogens is 323 g/mol. The first-order valence-electron chi connectivity index (χ1n) is 5.33. The number of hydrazine groups is 1. The summed E-state index contributed by atoms with van der Waals surface area (Å²) in [6, 6.07) is 7.49. The van der Waals surface area contributed by atoms with Crippen LogP contribution in [-0.4, -0.2) is 13.4 Å². The van der Waals surface area contributed by atoms with E-state index < -0.39 is 10.0 Å². The molecule has 1 aromatic carbocycles. The third-order valence-electron chi connectivity index (χ3n) is 2.35. The minimum absolute atomic E-state index is 0.160. The van der Waals surface area contributed by atoms with E-state index >= 15 is 0 Å². The molecule has 0 saturated carbocycles. The van der Waals surface area contributed by atoms with E-state index in [9.17, 15) is 8.42 Å². The molecule has 0 amide bonds. The second-order valence-corrected chi connectivity index (χ2v) is 6.17. The van der Waals surface area contributed by atoms with Gasteiger partial charge in [0.25, 0.3) is 10.0 Å². The average Bonchev–Trinajstić information content (AvgIpc) is 2.42. The summed E-state index contributed by atoms with van der Waals surface area (Å²) < 4.78 is 26.9. The number of benzene rings is 1. The van der Waals surface area contributed by atoms with E-state index in [1.54, 1.807) is 12.1 Å². The van der Waals surface area contributed by atoms with Crippen molar-refractivity contribution in [2.45, 2.75) is 5.03 Å². The van der Waals surface area contributed by atoms with E-state index in [4.69, 9.17) is 29.0 Å². The Labute approximate surface area is 125 Å². The van der Waals surface area contributed by atoms with E-state index in [1.165, 1.54) is 24.4 Å². The van der Waals surface area contributed by atoms with Crippen molar-refractivity contribution in [1.82, 2.24) is 4.98 Å². The van der Waals surface area contributed by atoms with Crippen molar-refractivity contribution < 1.29 is 8.42 Å². The molecule has 0 unspecified atom stereocenters. The summed E-state index contributed by atoms with van der Waals surface area (Å²) >= 11 is 11.7. The minimum atomic E-state index is -3.94. The zero-order chi connectivity index (χ0) is 14.8. The molecule has 0 fully saturated rings. The number of nitrogens with two attached hydrogens (primary N) is 1. The molecule has 1 aromatic heterocycles. The maximum Gasteiger partial charge on any atom is 0.281 e. The van der Waals surface area contributed by atoms with Crippen LogP contribution in [0.2, 0.25) is 10.0 Å². The summed E-state index contributed by atoms with van der Waals surface area (Å²) in [5, 5.41) is 0.333. The number of hydrogen-bond acceptors (Lipinski definition) is 5. The van der Waals surface area contributed by atoms with E-state index in [-0.39, 0.29) is 21.4 Å². The number of hydrogen-bond donors (Lipinski definition) is 3. The van der Waals surface area contributed by atoms with Gasteiger partial charge in [0, 0.05) is 11.2 Å². The number of anilines is 2. The number of nitrogens with zero attached hydrogens (tertiary/aromatic N) is 1. The van der Waals surface area contributed by atoms with Gasteiger partial charge < -0.3 is 5.43 Å². The van der Waals surface area contributed by atoms with E-state index in [2.05, 4.69) is 15.1 Å². The van der Waals surface area contributed by atoms with Crippen LogP contribution in [-0.2, 0) is 10.0 Å². The molecule has 1 heterocycles. The summed E-state index contributed by atoms with van der Waals surface area (Å²) in [7, 11) is -3.94. The fourth-order valence-electron chi connectivity index (χ4n) is 1.48. The van der Waals surface area contributed by atoms with Gasteiger partial charge in [0.2, 0.25) is 5.03 Å². The predicted octanol–water partition coefficient (Wildman–Crippen LogP) is 2.47. The highest BCUT2D eigenvalue weighted by Crippen LogP contribution is 2.28. The fourth-order valence-corrected chi connectivity index (χ4v) is 3.05. The Morgan fingerprint density at radius 2 is 1.90 bits per heavy atom. The second-order valence-electron chi connectivity index (χ2n) is 3.73. The van der Waals surface area contributed by atoms with Crippen molar-refractivity contribution in [2.75, 3.05) is 10.1 Å². The van der Waals surface area contributed by atoms with Crippen molar-refractivity contribution in [3.05, 3.63) is 46.6 Å². The van der Waals surface area contributed by atoms with Crippen LogP contribution >= 0.6 is 23.2 Å². The Morgan fingerprint density at radius 3 is 2.60 bits per heavy atom. The van der Waals surface area contributed by atoms with Crippen molar-refractivity contribution in [1.29, 1.82) is 0 Å². The number of nitrogen functional groups attached to an aromatic ring is 1. The molecule has 2 aromatic rings. The van der Waals surface area contributed by atoms with Crippen molar-refractivity contribution >= 4 is 44.6 Å². The van der Waals surface area contributed by atoms with Gasteiger partial charge in [-0.25, -0.2) is 4.98 Å². The fraction of sp³-hybridized carbons (Fsp3) is 0. The van der Waals surface area contributed by atoms with Gasteiger partial charge in [0.1, 0.15) is 0 Å². The van der Waals surface area contributed by atoms with Gasteiger partial charge in [0.15, 0.2) is 0 Å². The summed E-state index contributed by atoms with van der Waals surface area (Å²) in [5.41, 5.74) is 2.60. The molecule has 0 saturated heterocycles. The third kappa shape index (κ3) is 3.13. The van der Waals surface area contributed by atoms with E-state index in [1.807, 2.05) is 0 Å². The molecule has 9 heteroatoms. The summed E-state index contributed by atoms with van der Waals surface area (Å²) in [4.78, 5) is 3.80. The first-order valence-corrected chi connectivity index (χ1v) is 7.57. The molecule has 6 nitrogen and oxygen atoms in total. The van der Waals surface area contributed by atoms with Gasteiger partial charge >= 0.3 is 0 Å². The largest absolute Gasteiger partial charge is 0.321 e. The molecule has 0 spiro atoms. The number of aromatic nitrogens is 1. The number of rotatable bonds is 4. The standard InChI is InChI=1S/C11H10Cl2N4O2S/c12-7-3-4-8(13)10(6-7)17-20(18,19)11-9(16-14)2-1-5-15-11/h1-6,16-17H,14H2. The van der Waals surface area contributed by atoms with Crippen molar-refractivity contribution in [3.63, 3.8) is 0 Å². The lowest BCUT2D eigenvalue weighted by molar-refractivity contribution is 0.598. The topological polar surface area (TPSA) is 97.1 Å². The van der Waals surface area contributed by atoms with Gasteiger partial charge in [0.05, 0.1) is 16.4 Å². The maximum absolute atomic E-state index is 12.3. The Balaban J connectivity index is 2.43. The van der Waals surface area contributed by atoms with E-state index in [0.29, 0.717) is 5.02 Å². The van der Waals surface area contributed by atoms with Gasteiger partial charge in [-0.05, 0) is 30.3 Å². The summed E-state index contributed by atoms with van der Waals surface area (Å²) in [5.74, 6) is 5.27. The number of halogens is 2. The smallest absolute Gasteiger partial charge is 0.281 e. The van der Waals surface area contributed by atoms with Crippen LogP contribution in [0.25, 0.3) is 0 Å². The minimum Gasteiger partial charge on any atom is -0.321 e. The SMILES string of the molecule is NNc1cccnc1S(=O)(=O)Nc1cc(Cl)ccc1Cl. The first kappa shape index (κ1) is 14.9. The van der Waals surface area contributed by atoms with Gasteiger partial charge in [-0.15, -0.1) is 0 Å². The monoisotopic (exact) mass is 332 g/mol. The highest BCUT2D eigenvalue weighted by molar-refractivity contribution is 7.92. The molecule has 0 atom stereocenters. The van der Waals surface area contributed by atoms with Gasteiger partial charge in [-0.2, -0.15) is 8.42 Å². The quantitative estimate of drug-likeness (QED) is 0.590. The summed E-state index contributed by atoms with van der Waals surface area (Å²) in [6.45, 7) is 0. The molecule has 0 aliphatic rings. The Bertz CT molecular complexity index is 737. The molecule has 0 aliphatic carbocycles. The molecule has 2 rings (SSSR count). The van der Waals surface area contributed by atoms with Gasteiger partial charge in [-0.1, -0.05) is 23.2 Å². The van der Waals surface area contributed by atoms with Crippen LogP contribution in [0.15, 0.2) is 41.6 Å². The van der Waals surface area contributed by atoms with Crippen LogP contribution in [0, 0.1) is 0 Å². The molecule has 20 heavy (non-hydrogen) atoms. The first-order chi connectivity index (χ1) is 9.44. The molecule has 0 aliphatic heterocycles. The lowest BCUT2D eigenvalue weighted by Gasteiger charge is -2.11. The number of sulfonamides is 1. The predicted molar refractivity (Wildman–Crippen MR) is 79.3 cm³/mol. The van der Waals surface area contributed by atoms with Crippen molar-refractivity contribution in [3.8, 4) is 0 Å². The number of nitrogens with one attached hydrogen (secondary N) is 2. The second kappa shape index (κ2) is 5.84. The molecule has 106 valence electrons. The normalized spacial score (nSPS) is 11.2. The Kier molecular flexibility index (Phi) is 4.34. The zero-order valence-corrected chi connectivity index (χ0v) is 12.3. The number of pyridine rings is 1. The average molecular weight is 333 g/mol. The summed E-state index contributed by atoms with van der Waals surface area (Å²) in [6.07, 6.45) is 1.34. The molecule has 0 radical (unpaired) electrons. The van der Waals surface area contributed by atoms with Crippen LogP contribution in [0.1, 0.15) is 0 Å². The zero-order valence-electron chi connectivity index (χ0n) is 9.97. The highest BCUT2D eigenvalue weighted by Gasteiger charge is 2.21. The lowest BCUT2D eigenvalue weighted by Crippen LogP contribution is -2.19. The van der Waals surface area contributed by atoms with Crippen LogP contribution in [0.5, 0.6) is 0 Å². The third-order valence-corrected chi connectivity index (χ3v) is 4.24.